The first kappa shape index (κ1) is 14.1. The van der Waals surface area contributed by atoms with Crippen LogP contribution in [-0.2, 0) is 0 Å². The molecule has 1 heteroatoms. The van der Waals surface area contributed by atoms with Crippen LogP contribution in [0, 0.1) is 5.41 Å². The van der Waals surface area contributed by atoms with Gasteiger partial charge in [-0.1, -0.05) is 52.7 Å². The molecule has 0 saturated carbocycles. The predicted octanol–water partition coefficient (Wildman–Crippen LogP) is 5.02. The zero-order valence-corrected chi connectivity index (χ0v) is 11.9. The molecular weight excluding hydrogens is 208 g/mol. The van der Waals surface area contributed by atoms with E-state index in [1.54, 1.807) is 7.11 Å². The predicted molar refractivity (Wildman–Crippen MR) is 74.7 cm³/mol. The first-order chi connectivity index (χ1) is 8.07. The lowest BCUT2D eigenvalue weighted by Crippen LogP contribution is -2.22. The molecule has 1 aromatic rings. The van der Waals surface area contributed by atoms with Gasteiger partial charge in [0.1, 0.15) is 5.75 Å². The quantitative estimate of drug-likeness (QED) is 0.672. The molecule has 0 fully saturated rings. The van der Waals surface area contributed by atoms with Gasteiger partial charge in [0, 0.05) is 0 Å². The Kier molecular flexibility index (Phi) is 5.04. The molecule has 0 amide bonds. The van der Waals surface area contributed by atoms with Gasteiger partial charge in [-0.15, -0.1) is 0 Å². The highest BCUT2D eigenvalue weighted by molar-refractivity contribution is 5.30. The van der Waals surface area contributed by atoms with Gasteiger partial charge < -0.3 is 4.74 Å². The molecule has 0 spiro atoms. The molecule has 0 radical (unpaired) electrons. The summed E-state index contributed by atoms with van der Waals surface area (Å²) >= 11 is 0. The number of hydrogen-bond acceptors (Lipinski definition) is 1. The van der Waals surface area contributed by atoms with Crippen molar-refractivity contribution in [3.63, 3.8) is 0 Å². The van der Waals surface area contributed by atoms with Crippen LogP contribution in [-0.4, -0.2) is 7.11 Å². The summed E-state index contributed by atoms with van der Waals surface area (Å²) < 4.78 is 5.21. The van der Waals surface area contributed by atoms with E-state index in [0.29, 0.717) is 11.3 Å². The van der Waals surface area contributed by atoms with Gasteiger partial charge in [0.2, 0.25) is 0 Å². The van der Waals surface area contributed by atoms with Crippen LogP contribution in [0.25, 0.3) is 0 Å². The highest BCUT2D eigenvalue weighted by Gasteiger charge is 2.29. The van der Waals surface area contributed by atoms with Crippen molar-refractivity contribution in [2.24, 2.45) is 5.41 Å². The van der Waals surface area contributed by atoms with Gasteiger partial charge >= 0.3 is 0 Å². The Morgan fingerprint density at radius 2 is 1.76 bits per heavy atom. The third-order valence-corrected chi connectivity index (χ3v) is 4.29. The molecule has 1 nitrogen and oxygen atoms in total. The molecule has 0 N–H and O–H groups in total. The van der Waals surface area contributed by atoms with Crippen molar-refractivity contribution in [2.45, 2.75) is 52.9 Å². The van der Waals surface area contributed by atoms with Gasteiger partial charge in [0.05, 0.1) is 7.11 Å². The van der Waals surface area contributed by atoms with Crippen LogP contribution in [0.4, 0.5) is 0 Å². The number of hydrogen-bond donors (Lipinski definition) is 0. The van der Waals surface area contributed by atoms with Crippen molar-refractivity contribution in [3.8, 4) is 5.75 Å². The van der Waals surface area contributed by atoms with Gasteiger partial charge in [-0.05, 0) is 35.4 Å². The number of benzene rings is 1. The van der Waals surface area contributed by atoms with E-state index in [2.05, 4.69) is 52.0 Å². The van der Waals surface area contributed by atoms with Crippen molar-refractivity contribution in [2.75, 3.05) is 7.11 Å². The SMILES string of the molecule is CCCC(C)(CC)C(C)c1ccc(OC)cc1. The lowest BCUT2D eigenvalue weighted by Gasteiger charge is -2.35. The Bertz CT molecular complexity index is 328. The fourth-order valence-corrected chi connectivity index (χ4v) is 2.57. The lowest BCUT2D eigenvalue weighted by atomic mass is 9.70. The van der Waals surface area contributed by atoms with E-state index < -0.39 is 0 Å². The van der Waals surface area contributed by atoms with Crippen LogP contribution in [0.3, 0.4) is 0 Å². The van der Waals surface area contributed by atoms with E-state index >= 15 is 0 Å². The van der Waals surface area contributed by atoms with Gasteiger partial charge in [-0.2, -0.15) is 0 Å². The van der Waals surface area contributed by atoms with Crippen LogP contribution in [0.2, 0.25) is 0 Å². The molecule has 0 aliphatic heterocycles. The highest BCUT2D eigenvalue weighted by Crippen LogP contribution is 2.42. The Balaban J connectivity index is 2.89. The van der Waals surface area contributed by atoms with Gasteiger partial charge in [0.15, 0.2) is 0 Å². The van der Waals surface area contributed by atoms with Crippen LogP contribution < -0.4 is 4.74 Å². The summed E-state index contributed by atoms with van der Waals surface area (Å²) in [4.78, 5) is 0. The minimum absolute atomic E-state index is 0.406. The van der Waals surface area contributed by atoms with Gasteiger partial charge in [-0.25, -0.2) is 0 Å². The number of ether oxygens (including phenoxy) is 1. The molecule has 0 saturated heterocycles. The van der Waals surface area contributed by atoms with Crippen molar-refractivity contribution in [1.29, 1.82) is 0 Å². The van der Waals surface area contributed by atoms with Crippen LogP contribution in [0.15, 0.2) is 24.3 Å². The van der Waals surface area contributed by atoms with Crippen molar-refractivity contribution in [3.05, 3.63) is 29.8 Å². The summed E-state index contributed by atoms with van der Waals surface area (Å²) in [7, 11) is 1.71. The zero-order chi connectivity index (χ0) is 12.9. The second-order valence-electron chi connectivity index (χ2n) is 5.25. The molecule has 0 bridgehead atoms. The normalized spacial score (nSPS) is 16.3. The van der Waals surface area contributed by atoms with Gasteiger partial charge in [0.25, 0.3) is 0 Å². The van der Waals surface area contributed by atoms with E-state index in [-0.39, 0.29) is 0 Å². The Labute approximate surface area is 106 Å². The Morgan fingerprint density at radius 3 is 2.18 bits per heavy atom. The average molecular weight is 234 g/mol. The smallest absolute Gasteiger partial charge is 0.118 e. The maximum Gasteiger partial charge on any atom is 0.118 e. The molecule has 0 aliphatic carbocycles. The molecule has 2 unspecified atom stereocenters. The Morgan fingerprint density at radius 1 is 1.18 bits per heavy atom. The highest BCUT2D eigenvalue weighted by atomic mass is 16.5. The standard InChI is InChI=1S/C16H26O/c1-6-12-16(4,7-2)13(3)14-8-10-15(17-5)11-9-14/h8-11,13H,6-7,12H2,1-5H3. The number of rotatable bonds is 6. The number of methoxy groups -OCH3 is 1. The van der Waals surface area contributed by atoms with E-state index in [0.717, 1.165) is 5.75 Å². The average Bonchev–Trinajstić information content (AvgIpc) is 2.38. The second kappa shape index (κ2) is 6.09. The van der Waals surface area contributed by atoms with Crippen molar-refractivity contribution >= 4 is 0 Å². The van der Waals surface area contributed by atoms with Crippen LogP contribution >= 0.6 is 0 Å². The van der Waals surface area contributed by atoms with Crippen LogP contribution in [0.5, 0.6) is 5.75 Å². The first-order valence-electron chi connectivity index (χ1n) is 6.71. The van der Waals surface area contributed by atoms with Crippen molar-refractivity contribution < 1.29 is 4.74 Å². The third-order valence-electron chi connectivity index (χ3n) is 4.29. The third kappa shape index (κ3) is 3.24. The Hall–Kier alpha value is -0.980. The summed E-state index contributed by atoms with van der Waals surface area (Å²) in [5.41, 5.74) is 1.83. The second-order valence-corrected chi connectivity index (χ2v) is 5.25. The molecular formula is C16H26O. The first-order valence-corrected chi connectivity index (χ1v) is 6.71. The van der Waals surface area contributed by atoms with E-state index in [1.807, 2.05) is 0 Å². The molecule has 0 heterocycles. The largest absolute Gasteiger partial charge is 0.497 e. The summed E-state index contributed by atoms with van der Waals surface area (Å²) in [5, 5.41) is 0. The fourth-order valence-electron chi connectivity index (χ4n) is 2.57. The van der Waals surface area contributed by atoms with Crippen LogP contribution in [0.1, 0.15) is 58.4 Å². The summed E-state index contributed by atoms with van der Waals surface area (Å²) in [6.45, 7) is 9.33. The molecule has 1 rings (SSSR count). The molecule has 1 aromatic carbocycles. The van der Waals surface area contributed by atoms with E-state index in [9.17, 15) is 0 Å². The molecule has 0 aliphatic rings. The molecule has 96 valence electrons. The maximum absolute atomic E-state index is 5.21. The van der Waals surface area contributed by atoms with E-state index in [4.69, 9.17) is 4.74 Å². The lowest BCUT2D eigenvalue weighted by molar-refractivity contribution is 0.230. The maximum atomic E-state index is 5.21. The summed E-state index contributed by atoms with van der Waals surface area (Å²) in [6, 6.07) is 8.53. The summed E-state index contributed by atoms with van der Waals surface area (Å²) in [6.07, 6.45) is 3.77. The molecule has 2 atom stereocenters. The molecule has 0 aromatic heterocycles. The zero-order valence-electron chi connectivity index (χ0n) is 11.9. The minimum Gasteiger partial charge on any atom is -0.497 e. The monoisotopic (exact) mass is 234 g/mol. The van der Waals surface area contributed by atoms with Gasteiger partial charge in [-0.3, -0.25) is 0 Å². The van der Waals surface area contributed by atoms with Crippen molar-refractivity contribution in [1.82, 2.24) is 0 Å². The fraction of sp³-hybridized carbons (Fsp3) is 0.625. The molecule has 17 heavy (non-hydrogen) atoms. The van der Waals surface area contributed by atoms with E-state index in [1.165, 1.54) is 24.8 Å². The minimum atomic E-state index is 0.406. The summed E-state index contributed by atoms with van der Waals surface area (Å²) in [5.74, 6) is 1.54. The topological polar surface area (TPSA) is 9.23 Å².